The highest BCUT2D eigenvalue weighted by Gasteiger charge is 2.07. The predicted molar refractivity (Wildman–Crippen MR) is 109 cm³/mol. The van der Waals surface area contributed by atoms with Gasteiger partial charge in [-0.25, -0.2) is 4.98 Å². The van der Waals surface area contributed by atoms with Crippen molar-refractivity contribution in [3.05, 3.63) is 90.3 Å². The Morgan fingerprint density at radius 3 is 2.52 bits per heavy atom. The largest absolute Gasteiger partial charge is 0.326 e. The molecule has 1 N–H and O–H groups in total. The van der Waals surface area contributed by atoms with E-state index in [1.807, 2.05) is 77.5 Å². The number of nitrogens with zero attached hydrogens (tertiary/aromatic N) is 2. The second kappa shape index (κ2) is 7.46. The zero-order chi connectivity index (χ0) is 18.6. The maximum atomic E-state index is 12.2. The minimum absolute atomic E-state index is 0.0231. The topological polar surface area (TPSA) is 46.4 Å². The van der Waals surface area contributed by atoms with Crippen LogP contribution in [0.3, 0.4) is 0 Å². The van der Waals surface area contributed by atoms with Crippen molar-refractivity contribution in [2.45, 2.75) is 19.8 Å². The van der Waals surface area contributed by atoms with Gasteiger partial charge >= 0.3 is 0 Å². The van der Waals surface area contributed by atoms with E-state index in [0.717, 1.165) is 34.6 Å². The van der Waals surface area contributed by atoms with E-state index in [0.29, 0.717) is 6.42 Å². The van der Waals surface area contributed by atoms with Crippen LogP contribution in [0.4, 0.5) is 5.69 Å². The van der Waals surface area contributed by atoms with Crippen LogP contribution in [0, 0.1) is 6.92 Å². The van der Waals surface area contributed by atoms with E-state index < -0.39 is 0 Å². The number of hydrogen-bond acceptors (Lipinski definition) is 2. The van der Waals surface area contributed by atoms with Crippen molar-refractivity contribution < 1.29 is 4.79 Å². The number of amides is 1. The number of pyridine rings is 1. The average molecular weight is 355 g/mol. The van der Waals surface area contributed by atoms with E-state index in [-0.39, 0.29) is 5.91 Å². The lowest BCUT2D eigenvalue weighted by Gasteiger charge is -2.06. The van der Waals surface area contributed by atoms with E-state index in [9.17, 15) is 4.79 Å². The zero-order valence-corrected chi connectivity index (χ0v) is 15.2. The van der Waals surface area contributed by atoms with Crippen LogP contribution in [-0.4, -0.2) is 15.3 Å². The molecule has 0 aliphatic carbocycles. The van der Waals surface area contributed by atoms with Crippen molar-refractivity contribution in [2.24, 2.45) is 0 Å². The lowest BCUT2D eigenvalue weighted by Crippen LogP contribution is -2.12. The van der Waals surface area contributed by atoms with Crippen molar-refractivity contribution in [1.29, 1.82) is 0 Å². The molecule has 4 heteroatoms. The Morgan fingerprint density at radius 1 is 1.00 bits per heavy atom. The van der Waals surface area contributed by atoms with Gasteiger partial charge in [0, 0.05) is 30.1 Å². The van der Waals surface area contributed by atoms with Gasteiger partial charge in [-0.1, -0.05) is 48.5 Å². The summed E-state index contributed by atoms with van der Waals surface area (Å²) in [5.74, 6) is 0.0231. The van der Waals surface area contributed by atoms with Crippen LogP contribution in [-0.2, 0) is 11.2 Å². The number of carbonyl (C=O) groups excluding carboxylic acids is 1. The van der Waals surface area contributed by atoms with Crippen LogP contribution in [0.1, 0.15) is 17.5 Å². The molecule has 2 aromatic heterocycles. The predicted octanol–water partition coefficient (Wildman–Crippen LogP) is 4.88. The maximum Gasteiger partial charge on any atom is 0.224 e. The molecule has 0 aliphatic heterocycles. The first kappa shape index (κ1) is 17.0. The number of rotatable bonds is 5. The fourth-order valence-electron chi connectivity index (χ4n) is 3.14. The number of aromatic nitrogens is 2. The van der Waals surface area contributed by atoms with Gasteiger partial charge in [-0.05, 0) is 42.7 Å². The molecule has 0 unspecified atom stereocenters. The Balaban J connectivity index is 1.42. The van der Waals surface area contributed by atoms with E-state index in [1.165, 1.54) is 5.56 Å². The molecule has 0 fully saturated rings. The molecule has 1 amide bonds. The number of imidazole rings is 1. The van der Waals surface area contributed by atoms with E-state index in [2.05, 4.69) is 18.3 Å². The first-order valence-corrected chi connectivity index (χ1v) is 9.07. The fourth-order valence-corrected chi connectivity index (χ4v) is 3.14. The van der Waals surface area contributed by atoms with Crippen LogP contribution in [0.15, 0.2) is 79.1 Å². The van der Waals surface area contributed by atoms with Gasteiger partial charge in [-0.3, -0.25) is 4.79 Å². The second-order valence-electron chi connectivity index (χ2n) is 6.66. The van der Waals surface area contributed by atoms with Crippen LogP contribution in [0.5, 0.6) is 0 Å². The van der Waals surface area contributed by atoms with Crippen LogP contribution >= 0.6 is 0 Å². The van der Waals surface area contributed by atoms with Gasteiger partial charge in [0.15, 0.2) is 0 Å². The molecule has 134 valence electrons. The molecule has 4 nitrogen and oxygen atoms in total. The van der Waals surface area contributed by atoms with E-state index in [1.54, 1.807) is 0 Å². The minimum atomic E-state index is 0.0231. The average Bonchev–Trinajstić information content (AvgIpc) is 3.14. The van der Waals surface area contributed by atoms with Crippen molar-refractivity contribution >= 4 is 17.2 Å². The summed E-state index contributed by atoms with van der Waals surface area (Å²) in [6, 6.07) is 21.9. The highest BCUT2D eigenvalue weighted by atomic mass is 16.1. The highest BCUT2D eigenvalue weighted by Crippen LogP contribution is 2.22. The van der Waals surface area contributed by atoms with Gasteiger partial charge in [-0.15, -0.1) is 0 Å². The van der Waals surface area contributed by atoms with Gasteiger partial charge < -0.3 is 9.72 Å². The van der Waals surface area contributed by atoms with Gasteiger partial charge in [-0.2, -0.15) is 0 Å². The Bertz CT molecular complexity index is 1070. The monoisotopic (exact) mass is 355 g/mol. The summed E-state index contributed by atoms with van der Waals surface area (Å²) < 4.78 is 2.03. The molecule has 0 aliphatic rings. The molecule has 0 bridgehead atoms. The molecule has 2 heterocycles. The third-order valence-corrected chi connectivity index (χ3v) is 4.63. The summed E-state index contributed by atoms with van der Waals surface area (Å²) in [5, 5.41) is 2.96. The molecule has 2 aromatic carbocycles. The minimum Gasteiger partial charge on any atom is -0.326 e. The summed E-state index contributed by atoms with van der Waals surface area (Å²) in [6.07, 6.45) is 5.23. The van der Waals surface area contributed by atoms with Crippen LogP contribution < -0.4 is 5.32 Å². The second-order valence-corrected chi connectivity index (χ2v) is 6.66. The number of anilines is 1. The smallest absolute Gasteiger partial charge is 0.224 e. The third-order valence-electron chi connectivity index (χ3n) is 4.63. The normalized spacial score (nSPS) is 10.9. The standard InChI is InChI=1S/C23H21N3O/c1-17-6-5-15-26-16-21(25-23(17)26)19-10-12-20(13-11-19)24-22(27)14-9-18-7-3-2-4-8-18/h2-8,10-13,15-16H,9,14H2,1H3,(H,24,27). The van der Waals surface area contributed by atoms with Crippen molar-refractivity contribution in [3.63, 3.8) is 0 Å². The number of nitrogens with one attached hydrogen (secondary N) is 1. The molecule has 0 radical (unpaired) electrons. The third kappa shape index (κ3) is 3.90. The summed E-state index contributed by atoms with van der Waals surface area (Å²) in [4.78, 5) is 16.9. The Hall–Kier alpha value is -3.40. The van der Waals surface area contributed by atoms with Crippen molar-refractivity contribution in [1.82, 2.24) is 9.38 Å². The van der Waals surface area contributed by atoms with Gasteiger partial charge in [0.2, 0.25) is 5.91 Å². The van der Waals surface area contributed by atoms with Gasteiger partial charge in [0.05, 0.1) is 5.69 Å². The molecular formula is C23H21N3O. The SMILES string of the molecule is Cc1cccn2cc(-c3ccc(NC(=O)CCc4ccccc4)cc3)nc12. The summed E-state index contributed by atoms with van der Waals surface area (Å²) in [5.41, 5.74) is 6.03. The molecule has 4 aromatic rings. The Kier molecular flexibility index (Phi) is 4.71. The number of fused-ring (bicyclic) bond motifs is 1. The van der Waals surface area contributed by atoms with Gasteiger partial charge in [0.25, 0.3) is 0 Å². The number of benzene rings is 2. The molecule has 0 saturated carbocycles. The Labute approximate surface area is 158 Å². The molecule has 0 atom stereocenters. The van der Waals surface area contributed by atoms with Crippen LogP contribution in [0.2, 0.25) is 0 Å². The lowest BCUT2D eigenvalue weighted by molar-refractivity contribution is -0.116. The summed E-state index contributed by atoms with van der Waals surface area (Å²) >= 11 is 0. The zero-order valence-electron chi connectivity index (χ0n) is 15.2. The van der Waals surface area contributed by atoms with Gasteiger partial charge in [0.1, 0.15) is 5.65 Å². The molecule has 0 saturated heterocycles. The maximum absolute atomic E-state index is 12.2. The number of hydrogen-bond donors (Lipinski definition) is 1. The van der Waals surface area contributed by atoms with E-state index in [4.69, 9.17) is 4.98 Å². The number of carbonyl (C=O) groups is 1. The molecule has 27 heavy (non-hydrogen) atoms. The molecule has 0 spiro atoms. The lowest BCUT2D eigenvalue weighted by atomic mass is 10.1. The molecule has 4 rings (SSSR count). The highest BCUT2D eigenvalue weighted by molar-refractivity contribution is 5.91. The van der Waals surface area contributed by atoms with Crippen LogP contribution in [0.25, 0.3) is 16.9 Å². The number of aryl methyl sites for hydroxylation is 2. The van der Waals surface area contributed by atoms with Crippen molar-refractivity contribution in [2.75, 3.05) is 5.32 Å². The Morgan fingerprint density at radius 2 is 1.78 bits per heavy atom. The molecular weight excluding hydrogens is 334 g/mol. The first-order chi connectivity index (χ1) is 13.2. The summed E-state index contributed by atoms with van der Waals surface area (Å²) in [7, 11) is 0. The quantitative estimate of drug-likeness (QED) is 0.554. The first-order valence-electron chi connectivity index (χ1n) is 9.07. The fraction of sp³-hybridized carbons (Fsp3) is 0.130. The summed E-state index contributed by atoms with van der Waals surface area (Å²) in [6.45, 7) is 2.06. The van der Waals surface area contributed by atoms with E-state index >= 15 is 0 Å². The van der Waals surface area contributed by atoms with Crippen molar-refractivity contribution in [3.8, 4) is 11.3 Å².